The molecule has 1 nitrogen and oxygen atoms in total. The van der Waals surface area contributed by atoms with Crippen molar-refractivity contribution in [3.63, 3.8) is 0 Å². The summed E-state index contributed by atoms with van der Waals surface area (Å²) in [6.45, 7) is 6.52. The van der Waals surface area contributed by atoms with Crippen molar-refractivity contribution >= 4 is 5.57 Å². The zero-order chi connectivity index (χ0) is 13.9. The molecule has 1 fully saturated rings. The Morgan fingerprint density at radius 3 is 2.60 bits per heavy atom. The number of fused-ring (bicyclic) bond motifs is 1. The minimum atomic E-state index is 0.682. The summed E-state index contributed by atoms with van der Waals surface area (Å²) >= 11 is 0. The molecule has 0 N–H and O–H groups in total. The van der Waals surface area contributed by atoms with Crippen molar-refractivity contribution in [2.75, 3.05) is 0 Å². The van der Waals surface area contributed by atoms with Crippen molar-refractivity contribution in [1.82, 2.24) is 4.98 Å². The third-order valence-corrected chi connectivity index (χ3v) is 5.13. The molecule has 1 aromatic heterocycles. The Labute approximate surface area is 123 Å². The maximum atomic E-state index is 5.13. The van der Waals surface area contributed by atoms with Gasteiger partial charge in [-0.2, -0.15) is 0 Å². The molecule has 108 valence electrons. The highest BCUT2D eigenvalue weighted by Crippen LogP contribution is 2.37. The van der Waals surface area contributed by atoms with E-state index in [2.05, 4.69) is 19.6 Å². The van der Waals surface area contributed by atoms with Crippen molar-refractivity contribution in [3.05, 3.63) is 35.2 Å². The number of hydrogen-bond donors (Lipinski definition) is 0. The van der Waals surface area contributed by atoms with Gasteiger partial charge >= 0.3 is 0 Å². The topological polar surface area (TPSA) is 12.9 Å². The number of nitrogens with zero attached hydrogens (tertiary/aromatic N) is 1. The molecule has 3 rings (SSSR count). The van der Waals surface area contributed by atoms with E-state index in [1.165, 1.54) is 85.9 Å². The summed E-state index contributed by atoms with van der Waals surface area (Å²) in [6, 6.07) is 2.43. The highest BCUT2D eigenvalue weighted by Gasteiger charge is 2.23. The van der Waals surface area contributed by atoms with Gasteiger partial charge in [0.25, 0.3) is 0 Å². The Morgan fingerprint density at radius 1 is 1.15 bits per heavy atom. The number of hydrogen-bond acceptors (Lipinski definition) is 1. The average molecular weight is 269 g/mol. The van der Waals surface area contributed by atoms with Crippen LogP contribution in [0.15, 0.2) is 12.6 Å². The summed E-state index contributed by atoms with van der Waals surface area (Å²) in [5, 5.41) is 0. The van der Waals surface area contributed by atoms with Crippen LogP contribution in [0, 0.1) is 0 Å². The Balaban J connectivity index is 2.00. The predicted octanol–water partition coefficient (Wildman–Crippen LogP) is 5.43. The minimum Gasteiger partial charge on any atom is -0.257 e. The van der Waals surface area contributed by atoms with Crippen molar-refractivity contribution in [1.29, 1.82) is 0 Å². The summed E-state index contributed by atoms with van der Waals surface area (Å²) in [7, 11) is 0. The fourth-order valence-electron chi connectivity index (χ4n) is 3.83. The summed E-state index contributed by atoms with van der Waals surface area (Å²) in [6.07, 6.45) is 13.0. The SMILES string of the molecule is C=C(CC)c1cc2c(nc1C1CCCCCC1)CCC2. The van der Waals surface area contributed by atoms with Crippen molar-refractivity contribution in [3.8, 4) is 0 Å². The van der Waals surface area contributed by atoms with Crippen LogP contribution in [0.1, 0.15) is 86.7 Å². The lowest BCUT2D eigenvalue weighted by molar-refractivity contribution is 0.574. The lowest BCUT2D eigenvalue weighted by atomic mass is 9.88. The van der Waals surface area contributed by atoms with E-state index in [9.17, 15) is 0 Å². The van der Waals surface area contributed by atoms with Gasteiger partial charge in [0.05, 0.1) is 5.69 Å². The molecule has 0 bridgehead atoms. The zero-order valence-corrected chi connectivity index (χ0v) is 12.9. The Kier molecular flexibility index (Phi) is 4.24. The van der Waals surface area contributed by atoms with E-state index in [4.69, 9.17) is 4.98 Å². The first-order valence-electron chi connectivity index (χ1n) is 8.50. The first kappa shape index (κ1) is 13.9. The number of aromatic nitrogens is 1. The van der Waals surface area contributed by atoms with Crippen molar-refractivity contribution < 1.29 is 0 Å². The molecule has 1 heterocycles. The molecule has 1 saturated carbocycles. The maximum absolute atomic E-state index is 5.13. The fourth-order valence-corrected chi connectivity index (χ4v) is 3.83. The summed E-state index contributed by atoms with van der Waals surface area (Å²) in [5.74, 6) is 0.682. The van der Waals surface area contributed by atoms with Crippen LogP contribution >= 0.6 is 0 Å². The van der Waals surface area contributed by atoms with Gasteiger partial charge in [-0.15, -0.1) is 0 Å². The quantitative estimate of drug-likeness (QED) is 0.667. The Bertz CT molecular complexity index is 493. The molecule has 2 aliphatic rings. The van der Waals surface area contributed by atoms with Gasteiger partial charge in [0.15, 0.2) is 0 Å². The van der Waals surface area contributed by atoms with E-state index in [0.29, 0.717) is 5.92 Å². The first-order valence-corrected chi connectivity index (χ1v) is 8.50. The standard InChI is InChI=1S/C19H27N/c1-3-14(2)17-13-16-11-8-12-18(16)20-19(17)15-9-6-4-5-7-10-15/h13,15H,2-12H2,1H3. The molecule has 0 spiro atoms. The highest BCUT2D eigenvalue weighted by molar-refractivity contribution is 5.66. The van der Waals surface area contributed by atoms with E-state index in [1.54, 1.807) is 0 Å². The van der Waals surface area contributed by atoms with Crippen LogP contribution in [0.4, 0.5) is 0 Å². The second-order valence-corrected chi connectivity index (χ2v) is 6.53. The molecule has 0 aromatic carbocycles. The van der Waals surface area contributed by atoms with Crippen LogP contribution in [0.25, 0.3) is 5.57 Å². The lowest BCUT2D eigenvalue weighted by Crippen LogP contribution is -2.07. The second-order valence-electron chi connectivity index (χ2n) is 6.53. The van der Waals surface area contributed by atoms with Crippen LogP contribution in [0.3, 0.4) is 0 Å². The Hall–Kier alpha value is -1.11. The molecule has 0 aliphatic heterocycles. The molecule has 0 saturated heterocycles. The molecule has 0 unspecified atom stereocenters. The smallest absolute Gasteiger partial charge is 0.0512 e. The van der Waals surface area contributed by atoms with E-state index >= 15 is 0 Å². The molecule has 2 aliphatic carbocycles. The van der Waals surface area contributed by atoms with E-state index < -0.39 is 0 Å². The highest BCUT2D eigenvalue weighted by atomic mass is 14.7. The van der Waals surface area contributed by atoms with Gasteiger partial charge in [-0.3, -0.25) is 4.98 Å². The third kappa shape index (κ3) is 2.68. The van der Waals surface area contributed by atoms with E-state index in [0.717, 1.165) is 6.42 Å². The molecule has 20 heavy (non-hydrogen) atoms. The number of rotatable bonds is 3. The summed E-state index contributed by atoms with van der Waals surface area (Å²) in [5.41, 5.74) is 6.94. The van der Waals surface area contributed by atoms with Gasteiger partial charge in [-0.1, -0.05) is 39.2 Å². The van der Waals surface area contributed by atoms with Crippen LogP contribution in [0.5, 0.6) is 0 Å². The van der Waals surface area contributed by atoms with Crippen LogP contribution < -0.4 is 0 Å². The van der Waals surface area contributed by atoms with E-state index in [-0.39, 0.29) is 0 Å². The van der Waals surface area contributed by atoms with Gasteiger partial charge in [0, 0.05) is 11.6 Å². The van der Waals surface area contributed by atoms with Crippen LogP contribution in [-0.2, 0) is 12.8 Å². The molecule has 0 radical (unpaired) electrons. The Morgan fingerprint density at radius 2 is 1.90 bits per heavy atom. The van der Waals surface area contributed by atoms with Crippen LogP contribution in [0.2, 0.25) is 0 Å². The molecule has 1 aromatic rings. The zero-order valence-electron chi connectivity index (χ0n) is 12.9. The van der Waals surface area contributed by atoms with Gasteiger partial charge in [0.1, 0.15) is 0 Å². The molecule has 0 amide bonds. The monoisotopic (exact) mass is 269 g/mol. The normalized spacial score (nSPS) is 19.6. The van der Waals surface area contributed by atoms with Gasteiger partial charge in [0.2, 0.25) is 0 Å². The maximum Gasteiger partial charge on any atom is 0.0512 e. The van der Waals surface area contributed by atoms with Crippen LogP contribution in [-0.4, -0.2) is 4.98 Å². The number of pyridine rings is 1. The summed E-state index contributed by atoms with van der Waals surface area (Å²) in [4.78, 5) is 5.13. The molecule has 0 atom stereocenters. The predicted molar refractivity (Wildman–Crippen MR) is 86.0 cm³/mol. The largest absolute Gasteiger partial charge is 0.257 e. The molecule has 1 heteroatoms. The van der Waals surface area contributed by atoms with Gasteiger partial charge < -0.3 is 0 Å². The first-order chi connectivity index (χ1) is 9.79. The lowest BCUT2D eigenvalue weighted by Gasteiger charge is -2.20. The molecular weight excluding hydrogens is 242 g/mol. The number of aryl methyl sites for hydroxylation is 2. The molecular formula is C19H27N. The minimum absolute atomic E-state index is 0.682. The fraction of sp³-hybridized carbons (Fsp3) is 0.632. The van der Waals surface area contributed by atoms with Crippen molar-refractivity contribution in [2.45, 2.75) is 77.0 Å². The van der Waals surface area contributed by atoms with Crippen molar-refractivity contribution in [2.24, 2.45) is 0 Å². The summed E-state index contributed by atoms with van der Waals surface area (Å²) < 4.78 is 0. The third-order valence-electron chi connectivity index (χ3n) is 5.13. The number of allylic oxidation sites excluding steroid dienone is 1. The second kappa shape index (κ2) is 6.11. The van der Waals surface area contributed by atoms with Gasteiger partial charge in [-0.25, -0.2) is 0 Å². The van der Waals surface area contributed by atoms with Gasteiger partial charge in [-0.05, 0) is 61.3 Å². The van der Waals surface area contributed by atoms with E-state index in [1.807, 2.05) is 0 Å². The average Bonchev–Trinajstić information content (AvgIpc) is 2.76.